The third kappa shape index (κ3) is 3.63. The van der Waals surface area contributed by atoms with E-state index in [0.717, 1.165) is 30.7 Å². The number of ether oxygens (including phenoxy) is 1. The van der Waals surface area contributed by atoms with Crippen molar-refractivity contribution in [2.75, 3.05) is 26.7 Å². The van der Waals surface area contributed by atoms with E-state index in [1.54, 1.807) is 24.1 Å². The molecule has 2 amide bonds. The van der Waals surface area contributed by atoms with E-state index >= 15 is 0 Å². The van der Waals surface area contributed by atoms with Gasteiger partial charge in [-0.05, 0) is 55.5 Å². The van der Waals surface area contributed by atoms with Gasteiger partial charge in [-0.15, -0.1) is 0 Å². The van der Waals surface area contributed by atoms with Gasteiger partial charge in [-0.2, -0.15) is 0 Å². The molecule has 0 aliphatic carbocycles. The van der Waals surface area contributed by atoms with E-state index < -0.39 is 0 Å². The second-order valence-electron chi connectivity index (χ2n) is 7.51. The predicted molar refractivity (Wildman–Crippen MR) is 104 cm³/mol. The molecule has 0 saturated carbocycles. The third-order valence-corrected chi connectivity index (χ3v) is 5.88. The standard InChI is InChI=1S/C22H26N2O4/c1-27-18-6-2-5-17(15-18)19-7-3-11-24(19)21(25)16-9-12-23(13-10-16)22(26)20-8-4-14-28-20/h2,4-6,8,14-16,19H,3,7,9-13H2,1H3. The Labute approximate surface area is 165 Å². The SMILES string of the molecule is COc1cccc(C2CCCN2C(=O)C2CCN(C(=O)c3ccco3)CC2)c1. The largest absolute Gasteiger partial charge is 0.497 e. The number of piperidine rings is 1. The number of benzene rings is 1. The van der Waals surface area contributed by atoms with Crippen molar-refractivity contribution in [1.29, 1.82) is 0 Å². The number of amides is 2. The number of nitrogens with zero attached hydrogens (tertiary/aromatic N) is 2. The van der Waals surface area contributed by atoms with Gasteiger partial charge in [0.15, 0.2) is 5.76 Å². The van der Waals surface area contributed by atoms with Crippen molar-refractivity contribution in [2.24, 2.45) is 5.92 Å². The summed E-state index contributed by atoms with van der Waals surface area (Å²) in [5.41, 5.74) is 1.13. The van der Waals surface area contributed by atoms with Crippen LogP contribution in [0.3, 0.4) is 0 Å². The molecule has 1 aromatic heterocycles. The van der Waals surface area contributed by atoms with Gasteiger partial charge >= 0.3 is 0 Å². The number of likely N-dealkylation sites (tertiary alicyclic amines) is 2. The summed E-state index contributed by atoms with van der Waals surface area (Å²) in [6.45, 7) is 1.98. The van der Waals surface area contributed by atoms with Crippen LogP contribution >= 0.6 is 0 Å². The van der Waals surface area contributed by atoms with Gasteiger partial charge in [-0.1, -0.05) is 12.1 Å². The van der Waals surface area contributed by atoms with Gasteiger partial charge in [0.1, 0.15) is 5.75 Å². The minimum absolute atomic E-state index is 0.0214. The Hall–Kier alpha value is -2.76. The van der Waals surface area contributed by atoms with Crippen LogP contribution in [0, 0.1) is 5.92 Å². The van der Waals surface area contributed by atoms with E-state index in [2.05, 4.69) is 6.07 Å². The number of carbonyl (C=O) groups is 2. The van der Waals surface area contributed by atoms with Gasteiger partial charge in [-0.25, -0.2) is 0 Å². The molecule has 2 saturated heterocycles. The van der Waals surface area contributed by atoms with Crippen LogP contribution in [0.2, 0.25) is 0 Å². The van der Waals surface area contributed by atoms with E-state index in [1.807, 2.05) is 23.1 Å². The lowest BCUT2D eigenvalue weighted by Gasteiger charge is -2.34. The molecule has 4 rings (SSSR count). The maximum absolute atomic E-state index is 13.2. The first-order chi connectivity index (χ1) is 13.7. The first-order valence-electron chi connectivity index (χ1n) is 9.94. The highest BCUT2D eigenvalue weighted by atomic mass is 16.5. The van der Waals surface area contributed by atoms with Crippen molar-refractivity contribution >= 4 is 11.8 Å². The highest BCUT2D eigenvalue weighted by molar-refractivity contribution is 5.91. The lowest BCUT2D eigenvalue weighted by atomic mass is 9.94. The Kier molecular flexibility index (Phi) is 5.37. The molecule has 28 heavy (non-hydrogen) atoms. The molecule has 0 bridgehead atoms. The molecular formula is C22H26N2O4. The Morgan fingerprint density at radius 1 is 1.07 bits per heavy atom. The topological polar surface area (TPSA) is 63.0 Å². The first kappa shape index (κ1) is 18.6. The van der Waals surface area contributed by atoms with Crippen molar-refractivity contribution in [2.45, 2.75) is 31.7 Å². The molecule has 2 aromatic rings. The highest BCUT2D eigenvalue weighted by Crippen LogP contribution is 2.35. The van der Waals surface area contributed by atoms with Crippen LogP contribution in [0.1, 0.15) is 47.8 Å². The lowest BCUT2D eigenvalue weighted by Crippen LogP contribution is -2.44. The summed E-state index contributed by atoms with van der Waals surface area (Å²) in [5.74, 6) is 1.29. The van der Waals surface area contributed by atoms with Crippen molar-refractivity contribution < 1.29 is 18.7 Å². The van der Waals surface area contributed by atoms with Crippen molar-refractivity contribution in [3.63, 3.8) is 0 Å². The number of furan rings is 1. The maximum atomic E-state index is 13.2. The summed E-state index contributed by atoms with van der Waals surface area (Å²) < 4.78 is 10.6. The molecule has 1 atom stereocenters. The molecule has 1 aromatic carbocycles. The molecule has 0 spiro atoms. The van der Waals surface area contributed by atoms with Crippen LogP contribution in [0.15, 0.2) is 47.1 Å². The summed E-state index contributed by atoms with van der Waals surface area (Å²) in [5, 5.41) is 0. The highest BCUT2D eigenvalue weighted by Gasteiger charge is 2.36. The van der Waals surface area contributed by atoms with Crippen LogP contribution in [0.5, 0.6) is 5.75 Å². The zero-order chi connectivity index (χ0) is 19.5. The first-order valence-corrected chi connectivity index (χ1v) is 9.94. The van der Waals surface area contributed by atoms with Crippen LogP contribution in [0.4, 0.5) is 0 Å². The summed E-state index contributed by atoms with van der Waals surface area (Å²) in [4.78, 5) is 29.4. The van der Waals surface area contributed by atoms with Crippen molar-refractivity contribution in [3.05, 3.63) is 54.0 Å². The molecule has 6 heteroatoms. The molecule has 1 unspecified atom stereocenters. The van der Waals surface area contributed by atoms with Crippen LogP contribution in [0.25, 0.3) is 0 Å². The van der Waals surface area contributed by atoms with Crippen LogP contribution in [-0.2, 0) is 4.79 Å². The van der Waals surface area contributed by atoms with E-state index in [4.69, 9.17) is 9.15 Å². The lowest BCUT2D eigenvalue weighted by molar-refractivity contribution is -0.137. The van der Waals surface area contributed by atoms with Crippen LogP contribution in [-0.4, -0.2) is 48.4 Å². The van der Waals surface area contributed by atoms with E-state index in [-0.39, 0.29) is 23.8 Å². The number of hydrogen-bond donors (Lipinski definition) is 0. The number of carbonyl (C=O) groups excluding carboxylic acids is 2. The average molecular weight is 382 g/mol. The summed E-state index contributed by atoms with van der Waals surface area (Å²) in [6.07, 6.45) is 4.91. The Morgan fingerprint density at radius 3 is 2.61 bits per heavy atom. The molecule has 6 nitrogen and oxygen atoms in total. The van der Waals surface area contributed by atoms with Gasteiger partial charge < -0.3 is 19.0 Å². The minimum atomic E-state index is -0.0914. The Balaban J connectivity index is 1.39. The zero-order valence-electron chi connectivity index (χ0n) is 16.2. The van der Waals surface area contributed by atoms with Gasteiger partial charge in [0.2, 0.25) is 5.91 Å². The number of methoxy groups -OCH3 is 1. The molecule has 0 radical (unpaired) electrons. The van der Waals surface area contributed by atoms with Gasteiger partial charge in [0, 0.05) is 25.6 Å². The zero-order valence-corrected chi connectivity index (χ0v) is 16.2. The van der Waals surface area contributed by atoms with Crippen molar-refractivity contribution in [3.8, 4) is 5.75 Å². The smallest absolute Gasteiger partial charge is 0.289 e. The molecule has 3 heterocycles. The number of rotatable bonds is 4. The fourth-order valence-corrected chi connectivity index (χ4v) is 4.35. The maximum Gasteiger partial charge on any atom is 0.289 e. The van der Waals surface area contributed by atoms with E-state index in [0.29, 0.717) is 31.7 Å². The second-order valence-corrected chi connectivity index (χ2v) is 7.51. The Morgan fingerprint density at radius 2 is 1.89 bits per heavy atom. The number of hydrogen-bond acceptors (Lipinski definition) is 4. The second kappa shape index (κ2) is 8.09. The quantitative estimate of drug-likeness (QED) is 0.812. The molecular weight excluding hydrogens is 356 g/mol. The van der Waals surface area contributed by atoms with Gasteiger partial charge in [0.05, 0.1) is 19.4 Å². The fourth-order valence-electron chi connectivity index (χ4n) is 4.35. The summed E-state index contributed by atoms with van der Waals surface area (Å²) in [7, 11) is 1.66. The molecule has 0 N–H and O–H groups in total. The third-order valence-electron chi connectivity index (χ3n) is 5.88. The normalized spacial score (nSPS) is 20.4. The Bertz CT molecular complexity index is 825. The predicted octanol–water partition coefficient (Wildman–Crippen LogP) is 3.50. The molecule has 2 fully saturated rings. The van der Waals surface area contributed by atoms with Gasteiger partial charge in [0.25, 0.3) is 5.91 Å². The average Bonchev–Trinajstić information content (AvgIpc) is 3.45. The fraction of sp³-hybridized carbons (Fsp3) is 0.455. The molecule has 148 valence electrons. The minimum Gasteiger partial charge on any atom is -0.497 e. The van der Waals surface area contributed by atoms with Crippen molar-refractivity contribution in [1.82, 2.24) is 9.80 Å². The van der Waals surface area contributed by atoms with E-state index in [9.17, 15) is 9.59 Å². The van der Waals surface area contributed by atoms with E-state index in [1.165, 1.54) is 6.26 Å². The van der Waals surface area contributed by atoms with Gasteiger partial charge in [-0.3, -0.25) is 9.59 Å². The molecule has 2 aliphatic rings. The van der Waals surface area contributed by atoms with Crippen LogP contribution < -0.4 is 4.74 Å². The summed E-state index contributed by atoms with van der Waals surface area (Å²) in [6, 6.07) is 11.5. The molecule has 2 aliphatic heterocycles. The monoisotopic (exact) mass is 382 g/mol. The summed E-state index contributed by atoms with van der Waals surface area (Å²) >= 11 is 0.